The first-order valence-corrected chi connectivity index (χ1v) is 10.5. The number of benzene rings is 7. The van der Waals surface area contributed by atoms with E-state index in [0.717, 1.165) is 0 Å². The fourth-order valence-corrected chi connectivity index (χ4v) is 4.00. The molecule has 0 amide bonds. The van der Waals surface area contributed by atoms with E-state index >= 15 is 0 Å². The van der Waals surface area contributed by atoms with Crippen molar-refractivity contribution in [1.82, 2.24) is 0 Å². The molecular formula is C36H24. The number of rotatable bonds is 3. The molecular weight excluding hydrogens is 432 g/mol. The molecule has 0 saturated carbocycles. The van der Waals surface area contributed by atoms with Crippen molar-refractivity contribution in [2.45, 2.75) is 0 Å². The first-order chi connectivity index (χ1) is 27.9. The number of hydrogen-bond donors (Lipinski definition) is 0. The Balaban J connectivity index is 1.94. The van der Waals surface area contributed by atoms with Gasteiger partial charge in [-0.1, -0.05) is 133 Å². The second-order valence-corrected chi connectivity index (χ2v) is 7.50. The van der Waals surface area contributed by atoms with Crippen LogP contribution in [0.1, 0.15) is 32.9 Å². The van der Waals surface area contributed by atoms with E-state index in [0.29, 0.717) is 0 Å². The molecule has 0 aliphatic rings. The SMILES string of the molecule is [2H]c1c([2H])c([2H])c(-c2c3c([2H])c([2H])c([2H])c([2H])c3c(-c3c([2H])c([2H])c([2H])c([2H])c3[2H])c3c([2H])c(-c4c([2H])c([2H])c5c([2H])c([2H])c([2H])c([2H])c5c4[2H])c([2H])c([2H])c23)c([2H])c1[2H]. The van der Waals surface area contributed by atoms with E-state index in [9.17, 15) is 6.85 Å². The van der Waals surface area contributed by atoms with E-state index in [1.807, 2.05) is 0 Å². The van der Waals surface area contributed by atoms with Crippen molar-refractivity contribution >= 4 is 32.3 Å². The van der Waals surface area contributed by atoms with Crippen LogP contribution in [0, 0.1) is 0 Å². The summed E-state index contributed by atoms with van der Waals surface area (Å²) in [5.41, 5.74) is -4.56. The van der Waals surface area contributed by atoms with Gasteiger partial charge in [0.1, 0.15) is 0 Å². The van der Waals surface area contributed by atoms with Crippen molar-refractivity contribution < 1.29 is 32.9 Å². The molecule has 0 fully saturated rings. The van der Waals surface area contributed by atoms with Crippen molar-refractivity contribution in [2.24, 2.45) is 0 Å². The third-order valence-corrected chi connectivity index (χ3v) is 5.50. The summed E-state index contributed by atoms with van der Waals surface area (Å²) in [7, 11) is 0. The molecule has 0 saturated heterocycles. The summed E-state index contributed by atoms with van der Waals surface area (Å²) in [5.74, 6) is 0. The van der Waals surface area contributed by atoms with Crippen LogP contribution >= 0.6 is 0 Å². The smallest absolute Gasteiger partial charge is 0.0622 e. The minimum Gasteiger partial charge on any atom is -0.0622 e. The summed E-state index contributed by atoms with van der Waals surface area (Å²) in [4.78, 5) is 0. The van der Waals surface area contributed by atoms with Crippen molar-refractivity contribution in [3.8, 4) is 33.4 Å². The molecule has 0 heterocycles. The molecule has 0 unspecified atom stereocenters. The third-order valence-electron chi connectivity index (χ3n) is 5.50. The van der Waals surface area contributed by atoms with Crippen LogP contribution in [0.4, 0.5) is 0 Å². The highest BCUT2D eigenvalue weighted by molar-refractivity contribution is 6.22. The molecule has 0 radical (unpaired) electrons. The van der Waals surface area contributed by atoms with E-state index in [1.54, 1.807) is 0 Å². The molecule has 0 aliphatic carbocycles. The second kappa shape index (κ2) is 8.52. The van der Waals surface area contributed by atoms with Gasteiger partial charge < -0.3 is 0 Å². The van der Waals surface area contributed by atoms with Crippen LogP contribution < -0.4 is 0 Å². The summed E-state index contributed by atoms with van der Waals surface area (Å²) in [6, 6.07) is -22.1. The van der Waals surface area contributed by atoms with Crippen LogP contribution in [0.2, 0.25) is 0 Å². The van der Waals surface area contributed by atoms with E-state index in [4.69, 9.17) is 26.0 Å². The van der Waals surface area contributed by atoms with E-state index < -0.39 is 211 Å². The van der Waals surface area contributed by atoms with Crippen LogP contribution in [0.3, 0.4) is 0 Å². The average Bonchev–Trinajstić information content (AvgIpc) is 3.21. The Morgan fingerprint density at radius 2 is 0.778 bits per heavy atom. The number of hydrogen-bond acceptors (Lipinski definition) is 0. The summed E-state index contributed by atoms with van der Waals surface area (Å²) in [6.07, 6.45) is 0. The molecule has 36 heavy (non-hydrogen) atoms. The van der Waals surface area contributed by atoms with Gasteiger partial charge in [-0.25, -0.2) is 0 Å². The maximum absolute atomic E-state index is 9.79. The predicted octanol–water partition coefficient (Wildman–Crippen LogP) is 10.1. The van der Waals surface area contributed by atoms with Gasteiger partial charge in [0.2, 0.25) is 0 Å². The molecule has 7 aromatic rings. The molecule has 7 aromatic carbocycles. The lowest BCUT2D eigenvalue weighted by molar-refractivity contribution is 1.64. The van der Waals surface area contributed by atoms with Gasteiger partial charge in [-0.15, -0.1) is 0 Å². The molecule has 0 N–H and O–H groups in total. The molecule has 7 rings (SSSR count). The Morgan fingerprint density at radius 1 is 0.306 bits per heavy atom. The lowest BCUT2D eigenvalue weighted by Crippen LogP contribution is -1.91. The molecule has 0 heteroatoms. The highest BCUT2D eigenvalue weighted by atomic mass is 14.2. The summed E-state index contributed by atoms with van der Waals surface area (Å²) in [5, 5.41) is -3.98. The van der Waals surface area contributed by atoms with Crippen molar-refractivity contribution in [2.75, 3.05) is 0 Å². The van der Waals surface area contributed by atoms with Gasteiger partial charge in [0.05, 0.1) is 32.9 Å². The molecule has 168 valence electrons. The van der Waals surface area contributed by atoms with Crippen LogP contribution in [0.15, 0.2) is 145 Å². The fraction of sp³-hybridized carbons (Fsp3) is 0. The van der Waals surface area contributed by atoms with Gasteiger partial charge in [0.15, 0.2) is 0 Å². The van der Waals surface area contributed by atoms with Crippen molar-refractivity contribution in [3.05, 3.63) is 145 Å². The quantitative estimate of drug-likeness (QED) is 0.221. The van der Waals surface area contributed by atoms with Crippen LogP contribution in [-0.2, 0) is 0 Å². The molecule has 0 aliphatic heterocycles. The van der Waals surface area contributed by atoms with Crippen molar-refractivity contribution in [1.29, 1.82) is 0 Å². The zero-order valence-electron chi connectivity index (χ0n) is 42.0. The van der Waals surface area contributed by atoms with Crippen LogP contribution in [0.25, 0.3) is 65.7 Å². The summed E-state index contributed by atoms with van der Waals surface area (Å²) < 4.78 is 211. The topological polar surface area (TPSA) is 0 Å². The zero-order chi connectivity index (χ0) is 44.8. The second-order valence-electron chi connectivity index (χ2n) is 7.50. The fourth-order valence-electron chi connectivity index (χ4n) is 4.00. The van der Waals surface area contributed by atoms with Gasteiger partial charge >= 0.3 is 0 Å². The van der Waals surface area contributed by atoms with E-state index in [-0.39, 0.29) is 0 Å². The Morgan fingerprint density at radius 3 is 1.44 bits per heavy atom. The monoisotopic (exact) mass is 480 g/mol. The lowest BCUT2D eigenvalue weighted by atomic mass is 9.85. The Hall–Kier alpha value is -4.68. The maximum Gasteiger partial charge on any atom is 0.0636 e. The summed E-state index contributed by atoms with van der Waals surface area (Å²) >= 11 is 0. The molecule has 0 nitrogen and oxygen atoms in total. The summed E-state index contributed by atoms with van der Waals surface area (Å²) in [6.45, 7) is 0. The lowest BCUT2D eigenvalue weighted by Gasteiger charge is -2.18. The van der Waals surface area contributed by atoms with Gasteiger partial charge in [0.25, 0.3) is 0 Å². The van der Waals surface area contributed by atoms with E-state index in [2.05, 4.69) is 0 Å². The molecule has 0 atom stereocenters. The largest absolute Gasteiger partial charge is 0.0636 e. The molecule has 0 spiro atoms. The predicted molar refractivity (Wildman–Crippen MR) is 155 cm³/mol. The average molecular weight is 481 g/mol. The standard InChI is InChI=1S/C36H24/c1-3-12-26(13-4-1)35-31-17-9-10-18-32(31)36(27-14-5-2-6-15-27)34-24-30(21-22-33(34)35)29-20-19-25-11-7-8-16-28(25)23-29/h1-24H/i1D,2D,3D,4D,5D,6D,7D,8D,9D,10D,11D,12D,13D,14D,15D,16D,17D,18D,19D,20D,21D,22D,23D,24D. The van der Waals surface area contributed by atoms with Gasteiger partial charge in [-0.3, -0.25) is 0 Å². The Bertz CT molecular complexity index is 3130. The molecule has 0 aromatic heterocycles. The van der Waals surface area contributed by atoms with Gasteiger partial charge in [0, 0.05) is 0 Å². The third kappa shape index (κ3) is 3.39. The Kier molecular flexibility index (Phi) is 1.81. The van der Waals surface area contributed by atoms with E-state index in [1.165, 1.54) is 0 Å². The van der Waals surface area contributed by atoms with Gasteiger partial charge in [-0.05, 0) is 77.8 Å². The van der Waals surface area contributed by atoms with Crippen LogP contribution in [0.5, 0.6) is 0 Å². The Labute approximate surface area is 244 Å². The normalized spacial score (nSPS) is 20.7. The first kappa shape index (κ1) is 7.66. The first-order valence-electron chi connectivity index (χ1n) is 22.5. The highest BCUT2D eigenvalue weighted by Crippen LogP contribution is 2.44. The van der Waals surface area contributed by atoms with Gasteiger partial charge in [-0.2, -0.15) is 0 Å². The highest BCUT2D eigenvalue weighted by Gasteiger charge is 2.17. The van der Waals surface area contributed by atoms with Crippen molar-refractivity contribution in [3.63, 3.8) is 0 Å². The minimum atomic E-state index is -1.03. The number of fused-ring (bicyclic) bond motifs is 3. The molecule has 0 bridgehead atoms. The maximum atomic E-state index is 9.79. The minimum absolute atomic E-state index is 0.546. The zero-order valence-corrected chi connectivity index (χ0v) is 18.0. The van der Waals surface area contributed by atoms with Crippen LogP contribution in [-0.4, -0.2) is 0 Å².